The maximum atomic E-state index is 11.0. The predicted molar refractivity (Wildman–Crippen MR) is 78.4 cm³/mol. The van der Waals surface area contributed by atoms with Gasteiger partial charge in [-0.05, 0) is 12.7 Å². The highest BCUT2D eigenvalue weighted by Crippen LogP contribution is 1.97. The number of carbonyl (C=O) groups excluding carboxylic acids is 1. The first-order valence-corrected chi connectivity index (χ1v) is 7.78. The molecule has 1 aromatic rings. The van der Waals surface area contributed by atoms with Crippen LogP contribution in [0.1, 0.15) is 26.0 Å². The van der Waals surface area contributed by atoms with Gasteiger partial charge in [0.25, 0.3) is 5.24 Å². The van der Waals surface area contributed by atoms with E-state index in [-0.39, 0.29) is 5.24 Å². The zero-order chi connectivity index (χ0) is 14.1. The van der Waals surface area contributed by atoms with Crippen LogP contribution >= 0.6 is 11.8 Å². The van der Waals surface area contributed by atoms with Gasteiger partial charge >= 0.3 is 0 Å². The molecule has 0 bridgehead atoms. The summed E-state index contributed by atoms with van der Waals surface area (Å²) in [5, 5.41) is 14.4. The van der Waals surface area contributed by atoms with Crippen LogP contribution in [-0.4, -0.2) is 45.6 Å². The van der Waals surface area contributed by atoms with Gasteiger partial charge in [0.1, 0.15) is 0 Å². The van der Waals surface area contributed by atoms with Crippen molar-refractivity contribution in [3.63, 3.8) is 0 Å². The molecule has 6 nitrogen and oxygen atoms in total. The van der Waals surface area contributed by atoms with Gasteiger partial charge in [0.15, 0.2) is 0 Å². The molecule has 0 aliphatic rings. The summed E-state index contributed by atoms with van der Waals surface area (Å²) in [6.07, 6.45) is 5.49. The third kappa shape index (κ3) is 7.17. The highest BCUT2D eigenvalue weighted by atomic mass is 32.2. The van der Waals surface area contributed by atoms with E-state index in [1.807, 2.05) is 10.9 Å². The number of hydrogen-bond acceptors (Lipinski definition) is 5. The maximum absolute atomic E-state index is 11.0. The molecule has 1 heterocycles. The SMILES string of the molecule is CSC(=O)NCCCn1cc(CCNC(C)C)nn1. The molecule has 7 heteroatoms. The minimum absolute atomic E-state index is 0.0130. The van der Waals surface area contributed by atoms with Gasteiger partial charge in [-0.2, -0.15) is 0 Å². The summed E-state index contributed by atoms with van der Waals surface area (Å²) in [4.78, 5) is 11.0. The molecule has 1 rings (SSSR count). The summed E-state index contributed by atoms with van der Waals surface area (Å²) in [5.41, 5.74) is 1.00. The van der Waals surface area contributed by atoms with E-state index in [2.05, 4.69) is 34.8 Å². The lowest BCUT2D eigenvalue weighted by Crippen LogP contribution is -2.25. The molecule has 0 fully saturated rings. The van der Waals surface area contributed by atoms with Crippen LogP contribution in [0.4, 0.5) is 4.79 Å². The Hall–Kier alpha value is -1.08. The van der Waals surface area contributed by atoms with Crippen molar-refractivity contribution in [2.75, 3.05) is 19.3 Å². The molecular formula is C12H23N5OS. The Kier molecular flexibility index (Phi) is 7.50. The Bertz CT molecular complexity index is 380. The van der Waals surface area contributed by atoms with Crippen molar-refractivity contribution in [3.05, 3.63) is 11.9 Å². The fourth-order valence-electron chi connectivity index (χ4n) is 1.55. The van der Waals surface area contributed by atoms with Crippen LogP contribution in [0.2, 0.25) is 0 Å². The van der Waals surface area contributed by atoms with Crippen LogP contribution in [0.15, 0.2) is 6.20 Å². The van der Waals surface area contributed by atoms with Crippen molar-refractivity contribution in [1.82, 2.24) is 25.6 Å². The average Bonchev–Trinajstić information content (AvgIpc) is 2.82. The Balaban J connectivity index is 2.17. The summed E-state index contributed by atoms with van der Waals surface area (Å²) in [5.74, 6) is 0. The van der Waals surface area contributed by atoms with Crippen molar-refractivity contribution in [2.24, 2.45) is 0 Å². The molecule has 0 aromatic carbocycles. The highest BCUT2D eigenvalue weighted by Gasteiger charge is 2.02. The number of rotatable bonds is 8. The van der Waals surface area contributed by atoms with Gasteiger partial charge in [-0.3, -0.25) is 9.48 Å². The maximum Gasteiger partial charge on any atom is 0.278 e. The largest absolute Gasteiger partial charge is 0.347 e. The van der Waals surface area contributed by atoms with Crippen LogP contribution in [0.3, 0.4) is 0 Å². The lowest BCUT2D eigenvalue weighted by atomic mass is 10.3. The smallest absolute Gasteiger partial charge is 0.278 e. The quantitative estimate of drug-likeness (QED) is 0.704. The summed E-state index contributed by atoms with van der Waals surface area (Å²) < 4.78 is 1.83. The number of aryl methyl sites for hydroxylation is 1. The predicted octanol–water partition coefficient (Wildman–Crippen LogP) is 1.28. The molecule has 0 atom stereocenters. The second-order valence-electron chi connectivity index (χ2n) is 4.60. The third-order valence-electron chi connectivity index (χ3n) is 2.54. The van der Waals surface area contributed by atoms with Crippen molar-refractivity contribution < 1.29 is 4.79 Å². The number of nitrogens with one attached hydrogen (secondary N) is 2. The molecule has 0 saturated heterocycles. The Morgan fingerprint density at radius 1 is 1.47 bits per heavy atom. The molecular weight excluding hydrogens is 262 g/mol. The molecule has 0 spiro atoms. The standard InChI is InChI=1S/C12H23N5OS/c1-10(2)13-7-5-11-9-17(16-15-11)8-4-6-14-12(18)19-3/h9-10,13H,4-8H2,1-3H3,(H,14,18). The molecule has 1 aromatic heterocycles. The first-order valence-electron chi connectivity index (χ1n) is 6.56. The number of amides is 1. The normalized spacial score (nSPS) is 10.9. The van der Waals surface area contributed by atoms with E-state index in [0.29, 0.717) is 12.6 Å². The van der Waals surface area contributed by atoms with Crippen molar-refractivity contribution in [2.45, 2.75) is 39.3 Å². The van der Waals surface area contributed by atoms with Gasteiger partial charge in [0.2, 0.25) is 0 Å². The summed E-state index contributed by atoms with van der Waals surface area (Å²) in [6, 6.07) is 0.495. The van der Waals surface area contributed by atoms with E-state index >= 15 is 0 Å². The molecule has 0 saturated carbocycles. The Labute approximate surface area is 118 Å². The molecule has 19 heavy (non-hydrogen) atoms. The molecule has 1 amide bonds. The lowest BCUT2D eigenvalue weighted by molar-refractivity contribution is 0.260. The van der Waals surface area contributed by atoms with E-state index < -0.39 is 0 Å². The van der Waals surface area contributed by atoms with Gasteiger partial charge in [0.05, 0.1) is 5.69 Å². The fourth-order valence-corrected chi connectivity index (χ4v) is 1.80. The monoisotopic (exact) mass is 285 g/mol. The molecule has 0 radical (unpaired) electrons. The number of aromatic nitrogens is 3. The summed E-state index contributed by atoms with van der Waals surface area (Å²) >= 11 is 1.19. The molecule has 0 aliphatic carbocycles. The molecule has 2 N–H and O–H groups in total. The molecule has 0 aliphatic heterocycles. The van der Waals surface area contributed by atoms with Crippen LogP contribution in [-0.2, 0) is 13.0 Å². The average molecular weight is 285 g/mol. The third-order valence-corrected chi connectivity index (χ3v) is 3.05. The number of carbonyl (C=O) groups is 1. The number of thioether (sulfide) groups is 1. The number of nitrogens with zero attached hydrogens (tertiary/aromatic N) is 3. The first kappa shape index (κ1) is 16.0. The molecule has 0 unspecified atom stereocenters. The second kappa shape index (κ2) is 8.92. The van der Waals surface area contributed by atoms with Crippen LogP contribution in [0.25, 0.3) is 0 Å². The summed E-state index contributed by atoms with van der Waals surface area (Å²) in [6.45, 7) is 6.61. The van der Waals surface area contributed by atoms with E-state index in [1.165, 1.54) is 11.8 Å². The lowest BCUT2D eigenvalue weighted by Gasteiger charge is -2.05. The Morgan fingerprint density at radius 2 is 2.26 bits per heavy atom. The van der Waals surface area contributed by atoms with Crippen LogP contribution in [0.5, 0.6) is 0 Å². The van der Waals surface area contributed by atoms with Crippen molar-refractivity contribution in [1.29, 1.82) is 0 Å². The van der Waals surface area contributed by atoms with Gasteiger partial charge in [-0.1, -0.05) is 30.8 Å². The second-order valence-corrected chi connectivity index (χ2v) is 5.38. The topological polar surface area (TPSA) is 71.8 Å². The molecule has 108 valence electrons. The summed E-state index contributed by atoms with van der Waals surface area (Å²) in [7, 11) is 0. The van der Waals surface area contributed by atoms with Gasteiger partial charge in [0, 0.05) is 38.3 Å². The fraction of sp³-hybridized carbons (Fsp3) is 0.750. The first-order chi connectivity index (χ1) is 9.11. The van der Waals surface area contributed by atoms with Crippen molar-refractivity contribution >= 4 is 17.0 Å². The van der Waals surface area contributed by atoms with E-state index in [9.17, 15) is 4.79 Å². The van der Waals surface area contributed by atoms with E-state index in [4.69, 9.17) is 0 Å². The van der Waals surface area contributed by atoms with Crippen LogP contribution < -0.4 is 10.6 Å². The van der Waals surface area contributed by atoms with Crippen molar-refractivity contribution in [3.8, 4) is 0 Å². The van der Waals surface area contributed by atoms with Crippen LogP contribution in [0, 0.1) is 0 Å². The zero-order valence-corrected chi connectivity index (χ0v) is 12.7. The highest BCUT2D eigenvalue weighted by molar-refractivity contribution is 8.12. The van der Waals surface area contributed by atoms with Gasteiger partial charge < -0.3 is 10.6 Å². The minimum Gasteiger partial charge on any atom is -0.347 e. The minimum atomic E-state index is 0.0130. The zero-order valence-electron chi connectivity index (χ0n) is 11.8. The number of hydrogen-bond donors (Lipinski definition) is 2. The Morgan fingerprint density at radius 3 is 2.95 bits per heavy atom. The van der Waals surface area contributed by atoms with E-state index in [0.717, 1.165) is 31.6 Å². The van der Waals surface area contributed by atoms with Gasteiger partial charge in [-0.25, -0.2) is 0 Å². The van der Waals surface area contributed by atoms with E-state index in [1.54, 1.807) is 6.26 Å². The van der Waals surface area contributed by atoms with Gasteiger partial charge in [-0.15, -0.1) is 5.10 Å².